The highest BCUT2D eigenvalue weighted by atomic mass is 16.7. The molecule has 0 aromatic heterocycles. The minimum Gasteiger partial charge on any atom is -0.394 e. The molecular weight excluding hydrogens is 871 g/mol. The first-order valence-electron chi connectivity index (χ1n) is 28.3. The summed E-state index contributed by atoms with van der Waals surface area (Å²) in [5.74, 6) is -0.202. The summed E-state index contributed by atoms with van der Waals surface area (Å²) in [6.07, 6.45) is 26.7. The Bertz CT molecular complexity index is 1150. The van der Waals surface area contributed by atoms with Crippen molar-refractivity contribution in [3.8, 4) is 0 Å². The summed E-state index contributed by atoms with van der Waals surface area (Å²) in [5.41, 5.74) is 0. The maximum atomic E-state index is 13.2. The van der Waals surface area contributed by atoms with Crippen LogP contribution in [0.1, 0.15) is 245 Å². The van der Waals surface area contributed by atoms with E-state index in [-0.39, 0.29) is 12.5 Å². The number of amides is 1. The molecule has 2 aliphatic heterocycles. The summed E-state index contributed by atoms with van der Waals surface area (Å²) < 4.78 is 22.8. The van der Waals surface area contributed by atoms with Crippen LogP contribution in [0.25, 0.3) is 0 Å². The molecule has 2 aliphatic rings. The molecule has 14 nitrogen and oxygen atoms in total. The number of hydrogen-bond donors (Lipinski definition) is 9. The molecule has 0 spiro atoms. The summed E-state index contributed by atoms with van der Waals surface area (Å²) in [7, 11) is 0. The quantitative estimate of drug-likeness (QED) is 0.0261. The van der Waals surface area contributed by atoms with E-state index in [1.165, 1.54) is 167 Å². The Morgan fingerprint density at radius 2 is 0.838 bits per heavy atom. The van der Waals surface area contributed by atoms with Crippen molar-refractivity contribution in [2.24, 2.45) is 0 Å². The fraction of sp³-hybridized carbons (Fsp3) is 0.981. The Hall–Kier alpha value is -1.01. The minimum atomic E-state index is -1.78. The molecule has 0 aliphatic carbocycles. The molecule has 0 radical (unpaired) electrons. The smallest absolute Gasteiger partial charge is 0.220 e. The van der Waals surface area contributed by atoms with Crippen LogP contribution in [-0.2, 0) is 23.7 Å². The van der Waals surface area contributed by atoms with E-state index in [9.17, 15) is 45.6 Å². The highest BCUT2D eigenvalue weighted by Crippen LogP contribution is 2.30. The first-order chi connectivity index (χ1) is 33.1. The number of carbonyl (C=O) groups excluding carboxylic acids is 1. The van der Waals surface area contributed by atoms with Gasteiger partial charge in [-0.2, -0.15) is 0 Å². The molecule has 2 rings (SSSR count). The zero-order valence-corrected chi connectivity index (χ0v) is 43.1. The highest BCUT2D eigenvalue weighted by Gasteiger charge is 2.51. The number of rotatable bonds is 45. The van der Waals surface area contributed by atoms with Crippen molar-refractivity contribution in [3.63, 3.8) is 0 Å². The standard InChI is InChI=1S/C54H105NO13/c1-3-5-7-9-11-13-15-17-18-19-20-21-22-23-24-26-28-30-32-34-36-38-46(59)55-42(43(58)37-35-33-31-29-27-25-16-14-12-10-8-6-4-2)41-65-53-51(64)49(62)52(45(40-57)67-53)68-54-50(63)48(61)47(60)44(39-56)66-54/h42-45,47-54,56-58,60-64H,3-41H2,1-2H3,(H,55,59). The fourth-order valence-corrected chi connectivity index (χ4v) is 9.71. The number of nitrogens with one attached hydrogen (secondary N) is 1. The molecule has 404 valence electrons. The molecule has 2 saturated heterocycles. The van der Waals surface area contributed by atoms with Crippen LogP contribution < -0.4 is 5.32 Å². The highest BCUT2D eigenvalue weighted by molar-refractivity contribution is 5.76. The van der Waals surface area contributed by atoms with E-state index >= 15 is 0 Å². The summed E-state index contributed by atoms with van der Waals surface area (Å²) >= 11 is 0. The number of unbranched alkanes of at least 4 members (excludes halogenated alkanes) is 32. The van der Waals surface area contributed by atoms with Gasteiger partial charge in [0.1, 0.15) is 48.8 Å². The molecule has 12 unspecified atom stereocenters. The molecule has 0 bridgehead atoms. The third-order valence-corrected chi connectivity index (χ3v) is 14.3. The van der Waals surface area contributed by atoms with E-state index in [1.54, 1.807) is 0 Å². The van der Waals surface area contributed by atoms with E-state index < -0.39 is 86.8 Å². The summed E-state index contributed by atoms with van der Waals surface area (Å²) in [5, 5.41) is 87.0. The number of aliphatic hydroxyl groups excluding tert-OH is 8. The van der Waals surface area contributed by atoms with Crippen LogP contribution in [0.5, 0.6) is 0 Å². The average Bonchev–Trinajstić information content (AvgIpc) is 3.34. The Labute approximate surface area is 413 Å². The zero-order valence-electron chi connectivity index (χ0n) is 43.1. The molecule has 68 heavy (non-hydrogen) atoms. The lowest BCUT2D eigenvalue weighted by atomic mass is 9.97. The molecule has 14 heteroatoms. The van der Waals surface area contributed by atoms with Crippen molar-refractivity contribution < 1.29 is 64.6 Å². The van der Waals surface area contributed by atoms with Gasteiger partial charge in [0, 0.05) is 6.42 Å². The van der Waals surface area contributed by atoms with Crippen molar-refractivity contribution in [3.05, 3.63) is 0 Å². The molecule has 0 aromatic carbocycles. The Morgan fingerprint density at radius 1 is 0.471 bits per heavy atom. The van der Waals surface area contributed by atoms with E-state index in [1.807, 2.05) is 0 Å². The van der Waals surface area contributed by atoms with Gasteiger partial charge in [0.05, 0.1) is 32.0 Å². The Balaban J connectivity index is 1.75. The predicted octanol–water partition coefficient (Wildman–Crippen LogP) is 8.56. The Morgan fingerprint density at radius 3 is 1.25 bits per heavy atom. The van der Waals surface area contributed by atoms with Crippen LogP contribution in [0.2, 0.25) is 0 Å². The second kappa shape index (κ2) is 41.5. The van der Waals surface area contributed by atoms with Gasteiger partial charge in [-0.15, -0.1) is 0 Å². The first-order valence-corrected chi connectivity index (χ1v) is 28.3. The normalized spacial score (nSPS) is 26.3. The zero-order chi connectivity index (χ0) is 49.6. The van der Waals surface area contributed by atoms with Crippen molar-refractivity contribution in [2.45, 2.75) is 319 Å². The van der Waals surface area contributed by atoms with E-state index in [4.69, 9.17) is 18.9 Å². The van der Waals surface area contributed by atoms with Gasteiger partial charge in [-0.05, 0) is 12.8 Å². The minimum absolute atomic E-state index is 0.202. The van der Waals surface area contributed by atoms with Gasteiger partial charge < -0.3 is 65.1 Å². The predicted molar refractivity (Wildman–Crippen MR) is 268 cm³/mol. The van der Waals surface area contributed by atoms with Crippen molar-refractivity contribution >= 4 is 5.91 Å². The number of ether oxygens (including phenoxy) is 4. The third-order valence-electron chi connectivity index (χ3n) is 14.3. The topological polar surface area (TPSA) is 228 Å². The maximum absolute atomic E-state index is 13.2. The number of aliphatic hydroxyl groups is 8. The lowest BCUT2D eigenvalue weighted by Gasteiger charge is -2.46. The third kappa shape index (κ3) is 27.7. The molecule has 9 N–H and O–H groups in total. The SMILES string of the molecule is CCCCCCCCCCCCCCCCCCCCCCCC(=O)NC(COC1OC(CO)C(OC2OC(CO)C(O)C(O)C2O)C(O)C1O)C(O)CCCCCCCCCCCCCCC. The first kappa shape index (κ1) is 63.1. The van der Waals surface area contributed by atoms with Crippen molar-refractivity contribution in [1.82, 2.24) is 5.32 Å². The lowest BCUT2D eigenvalue weighted by molar-refractivity contribution is -0.359. The van der Waals surface area contributed by atoms with Crippen LogP contribution in [0.4, 0.5) is 0 Å². The van der Waals surface area contributed by atoms with Crippen LogP contribution in [0, 0.1) is 0 Å². The second-order valence-electron chi connectivity index (χ2n) is 20.4. The molecule has 12 atom stereocenters. The molecule has 1 amide bonds. The van der Waals surface area contributed by atoms with E-state index in [0.717, 1.165) is 51.4 Å². The van der Waals surface area contributed by atoms with Crippen LogP contribution in [0.3, 0.4) is 0 Å². The van der Waals surface area contributed by atoms with Gasteiger partial charge in [0.25, 0.3) is 0 Å². The van der Waals surface area contributed by atoms with Gasteiger partial charge in [0.15, 0.2) is 12.6 Å². The monoisotopic (exact) mass is 976 g/mol. The number of carbonyl (C=O) groups is 1. The van der Waals surface area contributed by atoms with Crippen molar-refractivity contribution in [2.75, 3.05) is 19.8 Å². The average molecular weight is 976 g/mol. The summed E-state index contributed by atoms with van der Waals surface area (Å²) in [6.45, 7) is 2.88. The Kier molecular flexibility index (Phi) is 38.5. The molecule has 2 heterocycles. The molecule has 0 saturated carbocycles. The molecular formula is C54H105NO13. The van der Waals surface area contributed by atoms with Gasteiger partial charge in [-0.3, -0.25) is 4.79 Å². The van der Waals surface area contributed by atoms with Crippen LogP contribution >= 0.6 is 0 Å². The van der Waals surface area contributed by atoms with Gasteiger partial charge in [-0.1, -0.05) is 226 Å². The van der Waals surface area contributed by atoms with E-state index in [2.05, 4.69) is 19.2 Å². The second-order valence-corrected chi connectivity index (χ2v) is 20.4. The van der Waals surface area contributed by atoms with Crippen LogP contribution in [0.15, 0.2) is 0 Å². The van der Waals surface area contributed by atoms with Gasteiger partial charge in [-0.25, -0.2) is 0 Å². The number of hydrogen-bond acceptors (Lipinski definition) is 13. The fourth-order valence-electron chi connectivity index (χ4n) is 9.71. The van der Waals surface area contributed by atoms with Crippen molar-refractivity contribution in [1.29, 1.82) is 0 Å². The largest absolute Gasteiger partial charge is 0.394 e. The maximum Gasteiger partial charge on any atom is 0.220 e. The molecule has 2 fully saturated rings. The molecule has 0 aromatic rings. The van der Waals surface area contributed by atoms with E-state index in [0.29, 0.717) is 12.8 Å². The van der Waals surface area contributed by atoms with Gasteiger partial charge >= 0.3 is 0 Å². The van der Waals surface area contributed by atoms with Gasteiger partial charge in [0.2, 0.25) is 5.91 Å². The van der Waals surface area contributed by atoms with Crippen LogP contribution in [-0.4, -0.2) is 140 Å². The summed E-state index contributed by atoms with van der Waals surface area (Å²) in [6, 6.07) is -0.821. The lowest BCUT2D eigenvalue weighted by Crippen LogP contribution is -2.65. The summed E-state index contributed by atoms with van der Waals surface area (Å²) in [4.78, 5) is 13.2.